The van der Waals surface area contributed by atoms with E-state index in [0.29, 0.717) is 17.9 Å². The molecule has 1 saturated heterocycles. The largest absolute Gasteiger partial charge is 0.493 e. The molecule has 0 saturated carbocycles. The molecular formula is C19H20F2N2O4S. The van der Waals surface area contributed by atoms with Gasteiger partial charge in [-0.05, 0) is 31.2 Å². The lowest BCUT2D eigenvalue weighted by Gasteiger charge is -2.34. The van der Waals surface area contributed by atoms with Gasteiger partial charge in [0.2, 0.25) is 10.0 Å². The van der Waals surface area contributed by atoms with E-state index >= 15 is 0 Å². The van der Waals surface area contributed by atoms with Crippen LogP contribution in [0.15, 0.2) is 47.4 Å². The monoisotopic (exact) mass is 410 g/mol. The van der Waals surface area contributed by atoms with Gasteiger partial charge in [0.1, 0.15) is 17.4 Å². The molecule has 1 amide bonds. The standard InChI is InChI=1S/C19H20F2N2O4S/c1-2-27-17-9-4-3-6-14(17)19(24)22-10-12-23(13-11-22)28(25,26)18-15(20)7-5-8-16(18)21/h3-9H,2,10-13H2,1H3. The molecule has 0 aliphatic carbocycles. The minimum Gasteiger partial charge on any atom is -0.493 e. The van der Waals surface area contributed by atoms with Gasteiger partial charge in [0, 0.05) is 26.2 Å². The van der Waals surface area contributed by atoms with Gasteiger partial charge in [0.15, 0.2) is 4.90 Å². The van der Waals surface area contributed by atoms with Crippen molar-refractivity contribution in [3.8, 4) is 5.75 Å². The summed E-state index contributed by atoms with van der Waals surface area (Å²) in [7, 11) is -4.33. The van der Waals surface area contributed by atoms with Crippen LogP contribution in [0.4, 0.5) is 8.78 Å². The summed E-state index contributed by atoms with van der Waals surface area (Å²) >= 11 is 0. The molecule has 0 aromatic heterocycles. The number of piperazine rings is 1. The molecule has 1 aliphatic heterocycles. The Morgan fingerprint density at radius 3 is 2.21 bits per heavy atom. The third-order valence-corrected chi connectivity index (χ3v) is 6.41. The smallest absolute Gasteiger partial charge is 0.257 e. The normalized spacial score (nSPS) is 15.5. The van der Waals surface area contributed by atoms with Gasteiger partial charge >= 0.3 is 0 Å². The molecule has 2 aromatic carbocycles. The Labute approximate surface area is 162 Å². The lowest BCUT2D eigenvalue weighted by Crippen LogP contribution is -2.50. The molecule has 1 heterocycles. The number of para-hydroxylation sites is 1. The third-order valence-electron chi connectivity index (χ3n) is 4.46. The summed E-state index contributed by atoms with van der Waals surface area (Å²) in [6.45, 7) is 2.32. The van der Waals surface area contributed by atoms with Gasteiger partial charge in [-0.1, -0.05) is 18.2 Å². The van der Waals surface area contributed by atoms with Gasteiger partial charge in [0.05, 0.1) is 12.2 Å². The number of halogens is 2. The Morgan fingerprint density at radius 2 is 1.61 bits per heavy atom. The first kappa shape index (κ1) is 20.2. The van der Waals surface area contributed by atoms with E-state index in [1.807, 2.05) is 6.92 Å². The predicted octanol–water partition coefficient (Wildman–Crippen LogP) is 2.51. The van der Waals surface area contributed by atoms with Gasteiger partial charge in [-0.25, -0.2) is 17.2 Å². The Balaban J connectivity index is 1.75. The van der Waals surface area contributed by atoms with Crippen LogP contribution in [0.2, 0.25) is 0 Å². The SMILES string of the molecule is CCOc1ccccc1C(=O)N1CCN(S(=O)(=O)c2c(F)cccc2F)CC1. The van der Waals surface area contributed by atoms with Crippen LogP contribution in [0.1, 0.15) is 17.3 Å². The Bertz CT molecular complexity index is 953. The van der Waals surface area contributed by atoms with E-state index in [-0.39, 0.29) is 32.1 Å². The lowest BCUT2D eigenvalue weighted by molar-refractivity contribution is 0.0693. The molecule has 0 atom stereocenters. The fourth-order valence-corrected chi connectivity index (χ4v) is 4.62. The Kier molecular flexibility index (Phi) is 5.95. The van der Waals surface area contributed by atoms with Gasteiger partial charge in [-0.15, -0.1) is 0 Å². The molecule has 9 heteroatoms. The summed E-state index contributed by atoms with van der Waals surface area (Å²) in [5, 5.41) is 0. The van der Waals surface area contributed by atoms with Crippen LogP contribution >= 0.6 is 0 Å². The lowest BCUT2D eigenvalue weighted by atomic mass is 10.1. The fourth-order valence-electron chi connectivity index (χ4n) is 3.08. The second-order valence-corrected chi connectivity index (χ2v) is 8.05. The van der Waals surface area contributed by atoms with Crippen LogP contribution < -0.4 is 4.74 Å². The first-order chi connectivity index (χ1) is 13.4. The molecular weight excluding hydrogens is 390 g/mol. The molecule has 6 nitrogen and oxygen atoms in total. The number of hydrogen-bond donors (Lipinski definition) is 0. The highest BCUT2D eigenvalue weighted by Gasteiger charge is 2.34. The fraction of sp³-hybridized carbons (Fsp3) is 0.316. The first-order valence-electron chi connectivity index (χ1n) is 8.81. The summed E-state index contributed by atoms with van der Waals surface area (Å²) in [6, 6.07) is 9.73. The maximum atomic E-state index is 13.9. The van der Waals surface area contributed by atoms with Crippen molar-refractivity contribution < 1.29 is 26.7 Å². The molecule has 0 bridgehead atoms. The number of carbonyl (C=O) groups excluding carboxylic acids is 1. The number of hydrogen-bond acceptors (Lipinski definition) is 4. The van der Waals surface area contributed by atoms with Gasteiger partial charge < -0.3 is 9.64 Å². The number of carbonyl (C=O) groups is 1. The van der Waals surface area contributed by atoms with Crippen LogP contribution in [0.5, 0.6) is 5.75 Å². The molecule has 2 aromatic rings. The van der Waals surface area contributed by atoms with E-state index in [0.717, 1.165) is 22.5 Å². The highest BCUT2D eigenvalue weighted by molar-refractivity contribution is 7.89. The summed E-state index contributed by atoms with van der Waals surface area (Å²) in [5.41, 5.74) is 0.390. The maximum Gasteiger partial charge on any atom is 0.257 e. The third kappa shape index (κ3) is 3.85. The predicted molar refractivity (Wildman–Crippen MR) is 98.6 cm³/mol. The van der Waals surface area contributed by atoms with E-state index in [1.54, 1.807) is 24.3 Å². The van der Waals surface area contributed by atoms with Gasteiger partial charge in [0.25, 0.3) is 5.91 Å². The topological polar surface area (TPSA) is 66.9 Å². The highest BCUT2D eigenvalue weighted by Crippen LogP contribution is 2.25. The molecule has 28 heavy (non-hydrogen) atoms. The zero-order chi connectivity index (χ0) is 20.3. The number of nitrogens with zero attached hydrogens (tertiary/aromatic N) is 2. The molecule has 0 N–H and O–H groups in total. The number of benzene rings is 2. The molecule has 3 rings (SSSR count). The average Bonchev–Trinajstić information content (AvgIpc) is 2.68. The number of rotatable bonds is 5. The molecule has 0 radical (unpaired) electrons. The van der Waals surface area contributed by atoms with Crippen molar-refractivity contribution >= 4 is 15.9 Å². The van der Waals surface area contributed by atoms with Crippen molar-refractivity contribution in [3.05, 3.63) is 59.7 Å². The molecule has 1 aliphatic rings. The van der Waals surface area contributed by atoms with E-state index in [2.05, 4.69) is 0 Å². The van der Waals surface area contributed by atoms with E-state index < -0.39 is 26.6 Å². The van der Waals surface area contributed by atoms with Crippen LogP contribution in [0, 0.1) is 11.6 Å². The van der Waals surface area contributed by atoms with Crippen molar-refractivity contribution in [1.82, 2.24) is 9.21 Å². The summed E-state index contributed by atoms with van der Waals surface area (Å²) in [6.07, 6.45) is 0. The second kappa shape index (κ2) is 8.24. The average molecular weight is 410 g/mol. The zero-order valence-corrected chi connectivity index (χ0v) is 16.1. The van der Waals surface area contributed by atoms with Crippen molar-refractivity contribution in [3.63, 3.8) is 0 Å². The molecule has 0 spiro atoms. The molecule has 150 valence electrons. The van der Waals surface area contributed by atoms with E-state index in [9.17, 15) is 22.0 Å². The van der Waals surface area contributed by atoms with Crippen molar-refractivity contribution in [1.29, 1.82) is 0 Å². The van der Waals surface area contributed by atoms with Crippen molar-refractivity contribution in [2.75, 3.05) is 32.8 Å². The Morgan fingerprint density at radius 1 is 1.00 bits per heavy atom. The summed E-state index contributed by atoms with van der Waals surface area (Å²) in [4.78, 5) is 13.3. The Hall–Kier alpha value is -2.52. The summed E-state index contributed by atoms with van der Waals surface area (Å²) in [5.74, 6) is -2.09. The minimum absolute atomic E-state index is 0.0569. The number of sulfonamides is 1. The highest BCUT2D eigenvalue weighted by atomic mass is 32.2. The van der Waals surface area contributed by atoms with Crippen molar-refractivity contribution in [2.45, 2.75) is 11.8 Å². The van der Waals surface area contributed by atoms with Crippen LogP contribution in [0.25, 0.3) is 0 Å². The number of ether oxygens (including phenoxy) is 1. The van der Waals surface area contributed by atoms with E-state index in [1.165, 1.54) is 4.90 Å². The number of amides is 1. The van der Waals surface area contributed by atoms with Gasteiger partial charge in [-0.2, -0.15) is 4.31 Å². The maximum absolute atomic E-state index is 13.9. The van der Waals surface area contributed by atoms with Crippen LogP contribution in [0.3, 0.4) is 0 Å². The van der Waals surface area contributed by atoms with E-state index in [4.69, 9.17) is 4.74 Å². The van der Waals surface area contributed by atoms with Gasteiger partial charge in [-0.3, -0.25) is 4.79 Å². The minimum atomic E-state index is -4.33. The zero-order valence-electron chi connectivity index (χ0n) is 15.3. The molecule has 1 fully saturated rings. The first-order valence-corrected chi connectivity index (χ1v) is 10.3. The quantitative estimate of drug-likeness (QED) is 0.760. The molecule has 0 unspecified atom stereocenters. The van der Waals surface area contributed by atoms with Crippen LogP contribution in [-0.4, -0.2) is 56.3 Å². The second-order valence-electron chi connectivity index (χ2n) is 6.18. The van der Waals surface area contributed by atoms with Crippen molar-refractivity contribution in [2.24, 2.45) is 0 Å². The van der Waals surface area contributed by atoms with Crippen LogP contribution in [-0.2, 0) is 10.0 Å². The summed E-state index contributed by atoms with van der Waals surface area (Å²) < 4.78 is 59.6.